The molecule has 45 heavy (non-hydrogen) atoms. The van der Waals surface area contributed by atoms with Gasteiger partial charge in [0.2, 0.25) is 0 Å². The molecule has 0 aromatic rings. The monoisotopic (exact) mass is 640 g/mol. The maximum absolute atomic E-state index is 13.2. The van der Waals surface area contributed by atoms with Gasteiger partial charge in [-0.3, -0.25) is 19.2 Å². The molecule has 3 heterocycles. The van der Waals surface area contributed by atoms with Crippen molar-refractivity contribution in [3.8, 4) is 0 Å². The van der Waals surface area contributed by atoms with Crippen LogP contribution in [0.15, 0.2) is 0 Å². The maximum atomic E-state index is 13.2. The topological polar surface area (TPSA) is 177 Å². The second-order valence-corrected chi connectivity index (χ2v) is 14.2. The minimum absolute atomic E-state index is 0.0145. The molecule has 1 unspecified atom stereocenters. The largest absolute Gasteiger partial charge is 0.465 e. The number of hydrogen-bond donors (Lipinski definition) is 2. The molecule has 5 aliphatic rings. The lowest BCUT2D eigenvalue weighted by Crippen LogP contribution is -2.70. The van der Waals surface area contributed by atoms with Crippen LogP contribution in [0.4, 0.5) is 0 Å². The Hall–Kier alpha value is -2.32. The van der Waals surface area contributed by atoms with Crippen molar-refractivity contribution in [2.75, 3.05) is 13.2 Å². The molecule has 2 saturated carbocycles. The van der Waals surface area contributed by atoms with Crippen molar-refractivity contribution in [3.05, 3.63) is 0 Å². The number of carbonyl (C=O) groups excluding carboxylic acids is 4. The first-order chi connectivity index (χ1) is 21.1. The Morgan fingerprint density at radius 3 is 2.20 bits per heavy atom. The Morgan fingerprint density at radius 2 is 1.58 bits per heavy atom. The highest BCUT2D eigenvalue weighted by Crippen LogP contribution is 2.70. The van der Waals surface area contributed by atoms with Gasteiger partial charge in [-0.05, 0) is 44.9 Å². The molecule has 254 valence electrons. The van der Waals surface area contributed by atoms with Gasteiger partial charge in [0.05, 0.1) is 37.1 Å². The van der Waals surface area contributed by atoms with Gasteiger partial charge in [-0.2, -0.15) is 0 Å². The van der Waals surface area contributed by atoms with Crippen molar-refractivity contribution >= 4 is 23.9 Å². The first kappa shape index (κ1) is 34.0. The number of esters is 4. The summed E-state index contributed by atoms with van der Waals surface area (Å²) in [5.41, 5.74) is -2.40. The summed E-state index contributed by atoms with van der Waals surface area (Å²) in [6.07, 6.45) is -2.53. The molecule has 0 amide bonds. The molecule has 5 fully saturated rings. The molecule has 2 N–H and O–H groups in total. The SMILES string of the molecule is CC(=O)O[C@H]1C[C@@H](C)[C@](C)([C@@H]2C[C@H]3CC(O)O[C@@H]3O2)[C@H]2C[C@@H](O)C[C@]3(CO3)[C@]12COC(=O)C[C@H](C)OC(=O)C[C@H](C)OC(C)=O. The molecule has 2 aliphatic carbocycles. The van der Waals surface area contributed by atoms with Crippen molar-refractivity contribution in [1.82, 2.24) is 0 Å². The zero-order chi connectivity index (χ0) is 32.9. The van der Waals surface area contributed by atoms with Crippen molar-refractivity contribution in [1.29, 1.82) is 0 Å². The fourth-order valence-electron chi connectivity index (χ4n) is 8.91. The molecule has 13 heteroatoms. The van der Waals surface area contributed by atoms with E-state index in [2.05, 4.69) is 13.8 Å². The second-order valence-electron chi connectivity index (χ2n) is 14.2. The van der Waals surface area contributed by atoms with E-state index in [1.165, 1.54) is 13.8 Å². The Bertz CT molecular complexity index is 1140. The van der Waals surface area contributed by atoms with Crippen LogP contribution in [0.3, 0.4) is 0 Å². The minimum Gasteiger partial charge on any atom is -0.465 e. The number of rotatable bonds is 10. The third kappa shape index (κ3) is 6.47. The van der Waals surface area contributed by atoms with Crippen LogP contribution >= 0.6 is 0 Å². The molecular weight excluding hydrogens is 592 g/mol. The number of epoxide rings is 1. The normalized spacial score (nSPS) is 43.0. The van der Waals surface area contributed by atoms with Crippen molar-refractivity contribution in [3.63, 3.8) is 0 Å². The molecule has 0 aromatic carbocycles. The average molecular weight is 641 g/mol. The predicted octanol–water partition coefficient (Wildman–Crippen LogP) is 2.17. The number of ether oxygens (including phenoxy) is 7. The lowest BCUT2D eigenvalue weighted by Gasteiger charge is -2.64. The van der Waals surface area contributed by atoms with Gasteiger partial charge in [-0.1, -0.05) is 13.8 Å². The van der Waals surface area contributed by atoms with Crippen molar-refractivity contribution in [2.45, 2.75) is 135 Å². The summed E-state index contributed by atoms with van der Waals surface area (Å²) in [6.45, 7) is 10.2. The molecule has 3 aliphatic heterocycles. The Labute approximate surface area is 263 Å². The number of fused-ring (bicyclic) bond motifs is 3. The number of aliphatic hydroxyl groups excluding tert-OH is 2. The van der Waals surface area contributed by atoms with Crippen LogP contribution in [0.1, 0.15) is 86.5 Å². The predicted molar refractivity (Wildman–Crippen MR) is 153 cm³/mol. The van der Waals surface area contributed by atoms with Crippen LogP contribution < -0.4 is 0 Å². The molecule has 0 bridgehead atoms. The highest BCUT2D eigenvalue weighted by Gasteiger charge is 2.77. The maximum Gasteiger partial charge on any atom is 0.309 e. The number of carbonyl (C=O) groups is 4. The van der Waals surface area contributed by atoms with Crippen molar-refractivity contribution in [2.24, 2.45) is 28.6 Å². The fraction of sp³-hybridized carbons (Fsp3) is 0.875. The van der Waals surface area contributed by atoms with Gasteiger partial charge in [-0.15, -0.1) is 0 Å². The van der Waals surface area contributed by atoms with Gasteiger partial charge in [-0.25, -0.2) is 0 Å². The van der Waals surface area contributed by atoms with E-state index in [9.17, 15) is 29.4 Å². The average Bonchev–Trinajstić information content (AvgIpc) is 3.42. The zero-order valence-corrected chi connectivity index (χ0v) is 27.0. The molecular formula is C32H48O13. The first-order valence-electron chi connectivity index (χ1n) is 16.1. The molecule has 0 aromatic heterocycles. The lowest BCUT2D eigenvalue weighted by atomic mass is 9.42. The molecule has 13 atom stereocenters. The van der Waals surface area contributed by atoms with Crippen LogP contribution in [-0.2, 0) is 52.3 Å². The minimum atomic E-state index is -0.977. The highest BCUT2D eigenvalue weighted by atomic mass is 16.7. The van der Waals surface area contributed by atoms with E-state index in [1.807, 2.05) is 0 Å². The first-order valence-corrected chi connectivity index (χ1v) is 16.1. The summed E-state index contributed by atoms with van der Waals surface area (Å²) >= 11 is 0. The van der Waals surface area contributed by atoms with E-state index < -0.39 is 77.3 Å². The molecule has 1 spiro atoms. The zero-order valence-electron chi connectivity index (χ0n) is 27.0. The summed E-state index contributed by atoms with van der Waals surface area (Å²) in [6, 6.07) is 0. The van der Waals surface area contributed by atoms with E-state index in [4.69, 9.17) is 33.2 Å². The summed E-state index contributed by atoms with van der Waals surface area (Å²) in [5, 5.41) is 21.2. The fourth-order valence-corrected chi connectivity index (χ4v) is 8.91. The lowest BCUT2D eigenvalue weighted by molar-refractivity contribution is -0.271. The van der Waals surface area contributed by atoms with E-state index in [0.717, 1.165) is 0 Å². The van der Waals surface area contributed by atoms with Gasteiger partial charge in [0.1, 0.15) is 30.5 Å². The van der Waals surface area contributed by atoms with Crippen LogP contribution in [0, 0.1) is 28.6 Å². The summed E-state index contributed by atoms with van der Waals surface area (Å²) in [5.74, 6) is -2.49. The smallest absolute Gasteiger partial charge is 0.309 e. The number of aliphatic hydroxyl groups is 2. The van der Waals surface area contributed by atoms with Gasteiger partial charge in [0, 0.05) is 38.0 Å². The molecule has 0 radical (unpaired) electrons. The van der Waals surface area contributed by atoms with Crippen LogP contribution in [0.25, 0.3) is 0 Å². The molecule has 5 rings (SSSR count). The van der Waals surface area contributed by atoms with Crippen LogP contribution in [-0.4, -0.2) is 96.0 Å². The quantitative estimate of drug-likeness (QED) is 0.202. The van der Waals surface area contributed by atoms with Gasteiger partial charge >= 0.3 is 23.9 Å². The van der Waals surface area contributed by atoms with Crippen LogP contribution in [0.2, 0.25) is 0 Å². The molecule has 13 nitrogen and oxygen atoms in total. The standard InChI is InChI=1S/C32H48O13/c1-16-7-25(43-20(5)34)32(15-39-26(36)8-18(3)42-27(37)9-17(2)41-19(4)33)23(12-22(35)13-31(32)14-40-31)30(16,6)24-10-21-11-28(38)45-29(21)44-24/h16-18,21-25,28-29,35,38H,7-15H2,1-6H3/t16-,17+,18+,21+,22-,23-,24+,25+,28?,29+,30+,31+,32+/m1/s1. The Morgan fingerprint density at radius 1 is 0.911 bits per heavy atom. The third-order valence-corrected chi connectivity index (χ3v) is 11.1. The number of hydrogen-bond acceptors (Lipinski definition) is 13. The van der Waals surface area contributed by atoms with E-state index in [-0.39, 0.29) is 43.3 Å². The van der Waals surface area contributed by atoms with Gasteiger partial charge < -0.3 is 43.4 Å². The van der Waals surface area contributed by atoms with Crippen molar-refractivity contribution < 1.29 is 62.5 Å². The van der Waals surface area contributed by atoms with Gasteiger partial charge in [0.25, 0.3) is 0 Å². The highest BCUT2D eigenvalue weighted by molar-refractivity contribution is 5.73. The summed E-state index contributed by atoms with van der Waals surface area (Å²) in [7, 11) is 0. The summed E-state index contributed by atoms with van der Waals surface area (Å²) in [4.78, 5) is 49.2. The summed E-state index contributed by atoms with van der Waals surface area (Å²) < 4.78 is 40.6. The van der Waals surface area contributed by atoms with E-state index in [1.54, 1.807) is 13.8 Å². The Kier molecular flexibility index (Phi) is 9.61. The van der Waals surface area contributed by atoms with Gasteiger partial charge in [0.15, 0.2) is 12.6 Å². The van der Waals surface area contributed by atoms with E-state index >= 15 is 0 Å². The van der Waals surface area contributed by atoms with Crippen LogP contribution in [0.5, 0.6) is 0 Å². The van der Waals surface area contributed by atoms with E-state index in [0.29, 0.717) is 38.7 Å². The Balaban J connectivity index is 1.37. The third-order valence-electron chi connectivity index (χ3n) is 11.1. The molecule has 3 saturated heterocycles. The second kappa shape index (κ2) is 12.7.